The third-order valence-corrected chi connectivity index (χ3v) is 4.67. The molecule has 0 aliphatic carbocycles. The summed E-state index contributed by atoms with van der Waals surface area (Å²) in [6.07, 6.45) is 2.52. The molecule has 0 radical (unpaired) electrons. The number of carbonyl (C=O) groups is 1. The van der Waals surface area contributed by atoms with E-state index in [2.05, 4.69) is 15.4 Å². The molecule has 1 aromatic carbocycles. The van der Waals surface area contributed by atoms with Gasteiger partial charge >= 0.3 is 0 Å². The van der Waals surface area contributed by atoms with Gasteiger partial charge in [-0.25, -0.2) is 4.98 Å². The zero-order chi connectivity index (χ0) is 19.1. The number of anilines is 1. The second-order valence-electron chi connectivity index (χ2n) is 6.78. The molecule has 3 aromatic rings. The molecule has 1 aliphatic heterocycles. The van der Waals surface area contributed by atoms with E-state index < -0.39 is 0 Å². The highest BCUT2D eigenvalue weighted by Gasteiger charge is 2.23. The van der Waals surface area contributed by atoms with Gasteiger partial charge in [-0.05, 0) is 32.9 Å². The summed E-state index contributed by atoms with van der Waals surface area (Å²) in [6, 6.07) is 5.60. The van der Waals surface area contributed by atoms with Gasteiger partial charge in [-0.2, -0.15) is 5.10 Å². The predicted octanol–water partition coefficient (Wildman–Crippen LogP) is 3.25. The quantitative estimate of drug-likeness (QED) is 0.767. The molecule has 0 saturated heterocycles. The SMILES string of the molecule is CCOc1cc2c(cc1NC(=O)c1cnc3c(c1)c(C)nn3C)O[C@H](C)C2. The number of pyridine rings is 1. The number of hydrogen-bond donors (Lipinski definition) is 1. The lowest BCUT2D eigenvalue weighted by Crippen LogP contribution is -2.13. The van der Waals surface area contributed by atoms with Gasteiger partial charge in [-0.3, -0.25) is 9.48 Å². The summed E-state index contributed by atoms with van der Waals surface area (Å²) in [5.74, 6) is 1.19. The maximum atomic E-state index is 12.8. The summed E-state index contributed by atoms with van der Waals surface area (Å²) in [5, 5.41) is 8.14. The third kappa shape index (κ3) is 3.09. The average Bonchev–Trinajstić information content (AvgIpc) is 3.13. The Labute approximate surface area is 157 Å². The van der Waals surface area contributed by atoms with Gasteiger partial charge in [-0.1, -0.05) is 0 Å². The lowest BCUT2D eigenvalue weighted by molar-refractivity contribution is 0.102. The number of rotatable bonds is 4. The summed E-state index contributed by atoms with van der Waals surface area (Å²) in [5.41, 5.74) is 3.75. The standard InChI is InChI=1S/C20H22N4O3/c1-5-26-18-8-13-6-11(2)27-17(13)9-16(18)22-20(25)14-7-15-12(3)23-24(4)19(15)21-10-14/h7-11H,5-6H2,1-4H3,(H,22,25)/t11-/m1/s1. The first-order chi connectivity index (χ1) is 13.0. The second-order valence-corrected chi connectivity index (χ2v) is 6.78. The van der Waals surface area contributed by atoms with Gasteiger partial charge < -0.3 is 14.8 Å². The Hall–Kier alpha value is -3.09. The molecule has 1 aliphatic rings. The van der Waals surface area contributed by atoms with Gasteiger partial charge in [0.15, 0.2) is 5.65 Å². The number of amides is 1. The first-order valence-electron chi connectivity index (χ1n) is 9.03. The van der Waals surface area contributed by atoms with Crippen molar-refractivity contribution < 1.29 is 14.3 Å². The largest absolute Gasteiger partial charge is 0.492 e. The number of carbonyl (C=O) groups excluding carboxylic acids is 1. The first kappa shape index (κ1) is 17.3. The average molecular weight is 366 g/mol. The number of fused-ring (bicyclic) bond motifs is 2. The zero-order valence-electron chi connectivity index (χ0n) is 15.9. The van der Waals surface area contributed by atoms with Crippen molar-refractivity contribution in [2.24, 2.45) is 7.05 Å². The maximum absolute atomic E-state index is 12.8. The lowest BCUT2D eigenvalue weighted by atomic mass is 10.1. The molecule has 0 bridgehead atoms. The number of hydrogen-bond acceptors (Lipinski definition) is 5. The molecule has 27 heavy (non-hydrogen) atoms. The van der Waals surface area contributed by atoms with Crippen molar-refractivity contribution in [3.8, 4) is 11.5 Å². The van der Waals surface area contributed by atoms with E-state index in [0.717, 1.165) is 34.5 Å². The Morgan fingerprint density at radius 1 is 1.41 bits per heavy atom. The summed E-state index contributed by atoms with van der Waals surface area (Å²) >= 11 is 0. The van der Waals surface area contributed by atoms with E-state index in [-0.39, 0.29) is 12.0 Å². The second kappa shape index (κ2) is 6.57. The highest BCUT2D eigenvalue weighted by atomic mass is 16.5. The molecule has 0 fully saturated rings. The molecule has 7 heteroatoms. The van der Waals surface area contributed by atoms with Gasteiger partial charge in [0, 0.05) is 36.7 Å². The van der Waals surface area contributed by atoms with E-state index in [4.69, 9.17) is 9.47 Å². The van der Waals surface area contributed by atoms with Crippen LogP contribution >= 0.6 is 0 Å². The Balaban J connectivity index is 1.66. The topological polar surface area (TPSA) is 78.3 Å². The maximum Gasteiger partial charge on any atom is 0.257 e. The van der Waals surface area contributed by atoms with Crippen LogP contribution in [-0.2, 0) is 13.5 Å². The minimum absolute atomic E-state index is 0.126. The fourth-order valence-electron chi connectivity index (χ4n) is 3.44. The van der Waals surface area contributed by atoms with Crippen LogP contribution in [0.2, 0.25) is 0 Å². The summed E-state index contributed by atoms with van der Waals surface area (Å²) < 4.78 is 13.2. The van der Waals surface area contributed by atoms with Crippen LogP contribution in [0.25, 0.3) is 11.0 Å². The molecule has 0 unspecified atom stereocenters. The number of nitrogens with zero attached hydrogens (tertiary/aromatic N) is 3. The van der Waals surface area contributed by atoms with Crippen LogP contribution in [0.15, 0.2) is 24.4 Å². The van der Waals surface area contributed by atoms with E-state index in [1.165, 1.54) is 0 Å². The highest BCUT2D eigenvalue weighted by Crippen LogP contribution is 2.38. The fraction of sp³-hybridized carbons (Fsp3) is 0.350. The Kier molecular flexibility index (Phi) is 4.22. The molecule has 1 N–H and O–H groups in total. The van der Waals surface area contributed by atoms with Gasteiger partial charge in [0.1, 0.15) is 17.6 Å². The molecule has 1 amide bonds. The van der Waals surface area contributed by atoms with Crippen LogP contribution in [0, 0.1) is 6.92 Å². The van der Waals surface area contributed by atoms with Crippen LogP contribution in [0.3, 0.4) is 0 Å². The van der Waals surface area contributed by atoms with Crippen molar-refractivity contribution in [2.45, 2.75) is 33.3 Å². The molecule has 4 rings (SSSR count). The van der Waals surface area contributed by atoms with Crippen molar-refractivity contribution in [3.63, 3.8) is 0 Å². The number of ether oxygens (including phenoxy) is 2. The molecule has 3 heterocycles. The lowest BCUT2D eigenvalue weighted by Gasteiger charge is -2.13. The number of benzene rings is 1. The van der Waals surface area contributed by atoms with E-state index in [9.17, 15) is 4.79 Å². The summed E-state index contributed by atoms with van der Waals surface area (Å²) in [6.45, 7) is 6.36. The Bertz CT molecular complexity index is 1040. The van der Waals surface area contributed by atoms with Gasteiger partial charge in [0.05, 0.1) is 23.6 Å². The van der Waals surface area contributed by atoms with Crippen molar-refractivity contribution in [3.05, 3.63) is 41.2 Å². The monoisotopic (exact) mass is 366 g/mol. The Morgan fingerprint density at radius 3 is 3.00 bits per heavy atom. The molecular formula is C20H22N4O3. The molecule has 2 aromatic heterocycles. The highest BCUT2D eigenvalue weighted by molar-refractivity contribution is 6.06. The van der Waals surface area contributed by atoms with Crippen LogP contribution in [0.4, 0.5) is 5.69 Å². The van der Waals surface area contributed by atoms with E-state index in [1.54, 1.807) is 10.9 Å². The molecule has 140 valence electrons. The van der Waals surface area contributed by atoms with Gasteiger partial charge in [-0.15, -0.1) is 0 Å². The summed E-state index contributed by atoms with van der Waals surface area (Å²) in [7, 11) is 1.84. The summed E-state index contributed by atoms with van der Waals surface area (Å²) in [4.78, 5) is 17.2. The van der Waals surface area contributed by atoms with Crippen molar-refractivity contribution in [1.29, 1.82) is 0 Å². The molecular weight excluding hydrogens is 344 g/mol. The van der Waals surface area contributed by atoms with Crippen molar-refractivity contribution >= 4 is 22.6 Å². The van der Waals surface area contributed by atoms with Gasteiger partial charge in [0.25, 0.3) is 5.91 Å². The van der Waals surface area contributed by atoms with E-state index in [1.807, 2.05) is 46.0 Å². The smallest absolute Gasteiger partial charge is 0.257 e. The van der Waals surface area contributed by atoms with Crippen LogP contribution in [-0.4, -0.2) is 33.4 Å². The first-order valence-corrected chi connectivity index (χ1v) is 9.03. The molecule has 0 spiro atoms. The van der Waals surface area contributed by atoms with Crippen molar-refractivity contribution in [1.82, 2.24) is 14.8 Å². The molecule has 1 atom stereocenters. The third-order valence-electron chi connectivity index (χ3n) is 4.67. The van der Waals surface area contributed by atoms with Crippen LogP contribution in [0.5, 0.6) is 11.5 Å². The molecule has 7 nitrogen and oxygen atoms in total. The number of aromatic nitrogens is 3. The minimum Gasteiger partial charge on any atom is -0.492 e. The molecule has 0 saturated carbocycles. The number of aryl methyl sites for hydroxylation is 2. The van der Waals surface area contributed by atoms with E-state index in [0.29, 0.717) is 23.6 Å². The fourth-order valence-corrected chi connectivity index (χ4v) is 3.44. The van der Waals surface area contributed by atoms with Gasteiger partial charge in [0.2, 0.25) is 0 Å². The zero-order valence-corrected chi connectivity index (χ0v) is 15.9. The normalized spacial score (nSPS) is 15.5. The van der Waals surface area contributed by atoms with E-state index >= 15 is 0 Å². The predicted molar refractivity (Wildman–Crippen MR) is 103 cm³/mol. The number of nitrogens with one attached hydrogen (secondary N) is 1. The Morgan fingerprint density at radius 2 is 2.22 bits per heavy atom. The van der Waals surface area contributed by atoms with Crippen molar-refractivity contribution in [2.75, 3.05) is 11.9 Å². The van der Waals surface area contributed by atoms with Crippen LogP contribution in [0.1, 0.15) is 35.5 Å². The minimum atomic E-state index is -0.250. The van der Waals surface area contributed by atoms with Crippen LogP contribution < -0.4 is 14.8 Å².